The summed E-state index contributed by atoms with van der Waals surface area (Å²) in [6.45, 7) is 1.63. The number of carbonyl (C=O) groups is 1. The van der Waals surface area contributed by atoms with Gasteiger partial charge < -0.3 is 4.74 Å². The fourth-order valence-electron chi connectivity index (χ4n) is 2.51. The third kappa shape index (κ3) is 3.60. The van der Waals surface area contributed by atoms with Gasteiger partial charge in [-0.3, -0.25) is 10.2 Å². The van der Waals surface area contributed by atoms with Crippen molar-refractivity contribution in [1.82, 2.24) is 10.2 Å². The van der Waals surface area contributed by atoms with Crippen molar-refractivity contribution in [2.75, 3.05) is 26.2 Å². The van der Waals surface area contributed by atoms with Crippen molar-refractivity contribution < 1.29 is 22.7 Å². The van der Waals surface area contributed by atoms with Gasteiger partial charge in [-0.1, -0.05) is 0 Å². The number of esters is 1. The topological polar surface area (TPSA) is 41.6 Å². The van der Waals surface area contributed by atoms with Crippen LogP contribution in [0, 0.1) is 0 Å². The van der Waals surface area contributed by atoms with E-state index >= 15 is 0 Å². The number of hydrogen-bond donors (Lipinski definition) is 1. The van der Waals surface area contributed by atoms with Crippen LogP contribution in [0.15, 0.2) is 0 Å². The molecule has 0 spiro atoms. The van der Waals surface area contributed by atoms with Crippen molar-refractivity contribution in [2.45, 2.75) is 43.9 Å². The average molecular weight is 280 g/mol. The predicted octanol–water partition coefficient (Wildman–Crippen LogP) is 1.31. The number of alkyl halides is 3. The molecule has 1 saturated heterocycles. The second-order valence-electron chi connectivity index (χ2n) is 5.22. The predicted molar refractivity (Wildman–Crippen MR) is 62.6 cm³/mol. The van der Waals surface area contributed by atoms with Crippen molar-refractivity contribution >= 4 is 5.97 Å². The van der Waals surface area contributed by atoms with Crippen molar-refractivity contribution in [2.24, 2.45) is 0 Å². The lowest BCUT2D eigenvalue weighted by atomic mass is 9.98. The fourth-order valence-corrected chi connectivity index (χ4v) is 2.51. The van der Waals surface area contributed by atoms with Gasteiger partial charge in [0.1, 0.15) is 5.54 Å². The zero-order valence-corrected chi connectivity index (χ0v) is 10.9. The molecule has 7 heteroatoms. The summed E-state index contributed by atoms with van der Waals surface area (Å²) in [5, 5.41) is 2.39. The molecule has 1 heterocycles. The maximum absolute atomic E-state index is 12.4. The summed E-state index contributed by atoms with van der Waals surface area (Å²) >= 11 is 0. The van der Waals surface area contributed by atoms with Crippen molar-refractivity contribution in [1.29, 1.82) is 0 Å². The Kier molecular flexibility index (Phi) is 4.06. The van der Waals surface area contributed by atoms with E-state index in [-0.39, 0.29) is 6.61 Å². The van der Waals surface area contributed by atoms with Gasteiger partial charge in [0.05, 0.1) is 13.2 Å². The van der Waals surface area contributed by atoms with Gasteiger partial charge in [-0.05, 0) is 26.2 Å². The Morgan fingerprint density at radius 3 is 2.68 bits per heavy atom. The van der Waals surface area contributed by atoms with Crippen LogP contribution in [0.3, 0.4) is 0 Å². The molecule has 2 aliphatic rings. The van der Waals surface area contributed by atoms with E-state index in [1.807, 2.05) is 0 Å². The summed E-state index contributed by atoms with van der Waals surface area (Å²) in [7, 11) is 0. The van der Waals surface area contributed by atoms with E-state index in [2.05, 4.69) is 10.2 Å². The summed E-state index contributed by atoms with van der Waals surface area (Å²) in [5.74, 6) is -0.567. The van der Waals surface area contributed by atoms with Crippen molar-refractivity contribution in [3.63, 3.8) is 0 Å². The van der Waals surface area contributed by atoms with E-state index < -0.39 is 24.2 Å². The third-order valence-electron chi connectivity index (χ3n) is 3.66. The molecular formula is C12H19F3N2O2. The quantitative estimate of drug-likeness (QED) is 0.771. The van der Waals surface area contributed by atoms with Crippen LogP contribution in [-0.2, 0) is 9.53 Å². The molecular weight excluding hydrogens is 261 g/mol. The summed E-state index contributed by atoms with van der Waals surface area (Å²) in [4.78, 5) is 14.1. The molecule has 0 aromatic rings. The number of nitrogens with one attached hydrogen (secondary N) is 1. The summed E-state index contributed by atoms with van der Waals surface area (Å²) in [6, 6.07) is 0.434. The third-order valence-corrected chi connectivity index (χ3v) is 3.66. The second-order valence-corrected chi connectivity index (χ2v) is 5.22. The number of hydrogen-bond acceptors (Lipinski definition) is 4. The number of halogens is 3. The van der Waals surface area contributed by atoms with E-state index in [4.69, 9.17) is 4.74 Å². The van der Waals surface area contributed by atoms with Crippen LogP contribution in [0.1, 0.15) is 26.2 Å². The lowest BCUT2D eigenvalue weighted by Crippen LogP contribution is -2.57. The highest BCUT2D eigenvalue weighted by molar-refractivity contribution is 5.81. The first-order valence-corrected chi connectivity index (χ1v) is 6.59. The Morgan fingerprint density at radius 2 is 2.16 bits per heavy atom. The minimum Gasteiger partial charge on any atom is -0.465 e. The zero-order chi connectivity index (χ0) is 14.1. The Morgan fingerprint density at radius 1 is 1.47 bits per heavy atom. The largest absolute Gasteiger partial charge is 0.465 e. The molecule has 1 atom stereocenters. The van der Waals surface area contributed by atoms with E-state index in [0.29, 0.717) is 25.6 Å². The Balaban J connectivity index is 2.02. The van der Waals surface area contributed by atoms with E-state index in [1.54, 1.807) is 6.92 Å². The fraction of sp³-hybridized carbons (Fsp3) is 0.917. The van der Waals surface area contributed by atoms with Gasteiger partial charge in [0.25, 0.3) is 0 Å². The minimum atomic E-state index is -4.33. The molecule has 110 valence electrons. The molecule has 0 amide bonds. The molecule has 0 aromatic carbocycles. The highest BCUT2D eigenvalue weighted by Crippen LogP contribution is 2.34. The summed E-state index contributed by atoms with van der Waals surface area (Å²) < 4.78 is 42.1. The van der Waals surface area contributed by atoms with E-state index in [0.717, 1.165) is 12.8 Å². The van der Waals surface area contributed by atoms with Crippen LogP contribution in [0.25, 0.3) is 0 Å². The van der Waals surface area contributed by atoms with Crippen LogP contribution in [-0.4, -0.2) is 54.9 Å². The molecule has 2 rings (SSSR count). The van der Waals surface area contributed by atoms with E-state index in [1.165, 1.54) is 0 Å². The molecule has 4 nitrogen and oxygen atoms in total. The number of ether oxygens (including phenoxy) is 1. The molecule has 1 saturated carbocycles. The first kappa shape index (κ1) is 14.6. The molecule has 1 aliphatic heterocycles. The molecule has 0 bridgehead atoms. The molecule has 2 fully saturated rings. The first-order chi connectivity index (χ1) is 8.86. The van der Waals surface area contributed by atoms with Gasteiger partial charge in [-0.15, -0.1) is 0 Å². The molecule has 0 aromatic heterocycles. The van der Waals surface area contributed by atoms with Crippen molar-refractivity contribution in [3.05, 3.63) is 0 Å². The van der Waals surface area contributed by atoms with Crippen molar-refractivity contribution in [3.8, 4) is 0 Å². The van der Waals surface area contributed by atoms with Crippen LogP contribution in [0.5, 0.6) is 0 Å². The standard InChI is InChI=1S/C12H19F3N2O2/c1-2-19-10(18)11(16-7-12(13,14)15)5-6-17(8-11)9-3-4-9/h9,16H,2-8H2,1H3. The Hall–Kier alpha value is -0.820. The zero-order valence-electron chi connectivity index (χ0n) is 10.9. The smallest absolute Gasteiger partial charge is 0.401 e. The van der Waals surface area contributed by atoms with Gasteiger partial charge in [0.2, 0.25) is 0 Å². The highest BCUT2D eigenvalue weighted by atomic mass is 19.4. The van der Waals surface area contributed by atoms with Gasteiger partial charge in [0, 0.05) is 19.1 Å². The lowest BCUT2D eigenvalue weighted by molar-refractivity contribution is -0.155. The Labute approximate surface area is 110 Å². The second kappa shape index (κ2) is 5.28. The molecule has 1 N–H and O–H groups in total. The van der Waals surface area contributed by atoms with E-state index in [9.17, 15) is 18.0 Å². The number of carbonyl (C=O) groups excluding carboxylic acids is 1. The normalized spacial score (nSPS) is 28.6. The van der Waals surface area contributed by atoms with Crippen LogP contribution in [0.4, 0.5) is 13.2 Å². The molecule has 1 unspecified atom stereocenters. The highest BCUT2D eigenvalue weighted by Gasteiger charge is 2.50. The molecule has 19 heavy (non-hydrogen) atoms. The Bertz CT molecular complexity index is 344. The van der Waals surface area contributed by atoms with Gasteiger partial charge >= 0.3 is 12.1 Å². The first-order valence-electron chi connectivity index (χ1n) is 6.59. The van der Waals surface area contributed by atoms with Gasteiger partial charge in [0.15, 0.2) is 0 Å². The molecule has 1 aliphatic carbocycles. The maximum atomic E-state index is 12.4. The number of rotatable bonds is 5. The summed E-state index contributed by atoms with van der Waals surface area (Å²) in [5.41, 5.74) is -1.20. The van der Waals surface area contributed by atoms with Crippen LogP contribution in [0.2, 0.25) is 0 Å². The number of nitrogens with zero attached hydrogens (tertiary/aromatic N) is 1. The number of likely N-dealkylation sites (tertiary alicyclic amines) is 1. The minimum absolute atomic E-state index is 0.178. The monoisotopic (exact) mass is 280 g/mol. The SMILES string of the molecule is CCOC(=O)C1(NCC(F)(F)F)CCN(C2CC2)C1. The van der Waals surface area contributed by atoms with Crippen LogP contribution < -0.4 is 5.32 Å². The average Bonchev–Trinajstić information content (AvgIpc) is 3.07. The lowest BCUT2D eigenvalue weighted by Gasteiger charge is -2.29. The maximum Gasteiger partial charge on any atom is 0.401 e. The van der Waals surface area contributed by atoms with Gasteiger partial charge in [-0.2, -0.15) is 13.2 Å². The molecule has 0 radical (unpaired) electrons. The van der Waals surface area contributed by atoms with Gasteiger partial charge in [-0.25, -0.2) is 4.79 Å². The summed E-state index contributed by atoms with van der Waals surface area (Å²) in [6.07, 6.45) is -1.82. The van der Waals surface area contributed by atoms with Crippen LogP contribution >= 0.6 is 0 Å².